The molecule has 3 heterocycles. The van der Waals surface area contributed by atoms with Crippen LogP contribution in [0.1, 0.15) is 26.3 Å². The fraction of sp³-hybridized carbons (Fsp3) is 0.0517. The average molecular weight is 810 g/mol. The Morgan fingerprint density at radius 1 is 0.444 bits per heavy atom. The second-order valence-corrected chi connectivity index (χ2v) is 15.5. The third kappa shape index (κ3) is 5.74. The SMILES string of the molecule is C=Nc1nc(-c2ccc(-n3c4ccccc4c4c5c(c6ccccc6c6c5c5ccccc5n6-c5ccccc5)c5ccccc5c43)cc2)nc(-c2ccccc2)c1/C=C\C.CC. The highest BCUT2D eigenvalue weighted by molar-refractivity contribution is 6.45. The van der Waals surface area contributed by atoms with Crippen molar-refractivity contribution in [2.24, 2.45) is 4.99 Å². The first kappa shape index (κ1) is 37.8. The molecule has 0 aliphatic carbocycles. The molecule has 12 aromatic rings. The predicted molar refractivity (Wildman–Crippen MR) is 269 cm³/mol. The van der Waals surface area contributed by atoms with Crippen molar-refractivity contribution < 1.29 is 0 Å². The minimum absolute atomic E-state index is 0.555. The zero-order valence-electron chi connectivity index (χ0n) is 35.4. The third-order valence-electron chi connectivity index (χ3n) is 12.3. The number of nitrogens with zero attached hydrogens (tertiary/aromatic N) is 5. The number of para-hydroxylation sites is 3. The van der Waals surface area contributed by atoms with Gasteiger partial charge in [0.15, 0.2) is 11.6 Å². The highest BCUT2D eigenvalue weighted by atomic mass is 15.0. The molecule has 0 bridgehead atoms. The molecule has 0 spiro atoms. The maximum atomic E-state index is 5.15. The summed E-state index contributed by atoms with van der Waals surface area (Å²) in [4.78, 5) is 14.4. The van der Waals surface area contributed by atoms with Gasteiger partial charge in [-0.1, -0.05) is 159 Å². The lowest BCUT2D eigenvalue weighted by Crippen LogP contribution is -1.98. The molecule has 0 saturated carbocycles. The predicted octanol–water partition coefficient (Wildman–Crippen LogP) is 15.9. The van der Waals surface area contributed by atoms with Crippen LogP contribution in [-0.4, -0.2) is 25.8 Å². The fourth-order valence-corrected chi connectivity index (χ4v) is 9.82. The topological polar surface area (TPSA) is 48.0 Å². The minimum atomic E-state index is 0.555. The molecule has 3 aromatic heterocycles. The molecule has 0 N–H and O–H groups in total. The summed E-state index contributed by atoms with van der Waals surface area (Å²) in [5, 5.41) is 12.4. The van der Waals surface area contributed by atoms with Crippen molar-refractivity contribution in [3.05, 3.63) is 194 Å². The molecule has 12 rings (SSSR count). The van der Waals surface area contributed by atoms with Crippen LogP contribution in [0.3, 0.4) is 0 Å². The van der Waals surface area contributed by atoms with Gasteiger partial charge >= 0.3 is 0 Å². The van der Waals surface area contributed by atoms with Crippen molar-refractivity contribution in [3.8, 4) is 34.0 Å². The van der Waals surface area contributed by atoms with Gasteiger partial charge in [-0.25, -0.2) is 15.0 Å². The Morgan fingerprint density at radius 3 is 1.43 bits per heavy atom. The summed E-state index contributed by atoms with van der Waals surface area (Å²) in [6.45, 7) is 9.87. The Balaban J connectivity index is 0.00000219. The molecule has 5 nitrogen and oxygen atoms in total. The Morgan fingerprint density at radius 2 is 0.905 bits per heavy atom. The molecule has 5 heteroatoms. The zero-order valence-corrected chi connectivity index (χ0v) is 35.4. The number of hydrogen-bond acceptors (Lipinski definition) is 3. The van der Waals surface area contributed by atoms with E-state index in [0.29, 0.717) is 11.6 Å². The summed E-state index contributed by atoms with van der Waals surface area (Å²) in [6, 6.07) is 65.3. The Bertz CT molecular complexity index is 3760. The van der Waals surface area contributed by atoms with Gasteiger partial charge in [0.2, 0.25) is 0 Å². The highest BCUT2D eigenvalue weighted by Crippen LogP contribution is 2.50. The van der Waals surface area contributed by atoms with Crippen LogP contribution in [-0.2, 0) is 0 Å². The van der Waals surface area contributed by atoms with Gasteiger partial charge in [0, 0.05) is 65.8 Å². The second kappa shape index (κ2) is 15.4. The van der Waals surface area contributed by atoms with Crippen LogP contribution in [0.4, 0.5) is 5.82 Å². The molecular weight excluding hydrogens is 767 g/mol. The van der Waals surface area contributed by atoms with Gasteiger partial charge in [0.25, 0.3) is 0 Å². The summed E-state index contributed by atoms with van der Waals surface area (Å²) in [6.07, 6.45) is 3.99. The van der Waals surface area contributed by atoms with Crippen LogP contribution in [0, 0.1) is 0 Å². The van der Waals surface area contributed by atoms with E-state index in [-0.39, 0.29) is 0 Å². The number of aromatic nitrogens is 4. The molecule has 63 heavy (non-hydrogen) atoms. The molecule has 9 aromatic carbocycles. The van der Waals surface area contributed by atoms with Crippen LogP contribution in [0.5, 0.6) is 0 Å². The number of benzene rings is 9. The van der Waals surface area contributed by atoms with Crippen molar-refractivity contribution >= 4 is 94.5 Å². The first-order valence-electron chi connectivity index (χ1n) is 21.7. The molecule has 0 aliphatic heterocycles. The third-order valence-corrected chi connectivity index (χ3v) is 12.3. The molecule has 300 valence electrons. The minimum Gasteiger partial charge on any atom is -0.309 e. The van der Waals surface area contributed by atoms with Gasteiger partial charge < -0.3 is 9.13 Å². The van der Waals surface area contributed by atoms with Crippen molar-refractivity contribution in [1.82, 2.24) is 19.1 Å². The van der Waals surface area contributed by atoms with E-state index in [1.807, 2.05) is 51.1 Å². The first-order chi connectivity index (χ1) is 31.2. The quantitative estimate of drug-likeness (QED) is 0.124. The average Bonchev–Trinajstić information content (AvgIpc) is 3.90. The van der Waals surface area contributed by atoms with Gasteiger partial charge in [-0.05, 0) is 78.3 Å². The number of allylic oxidation sites excluding steroid dienone is 1. The van der Waals surface area contributed by atoms with Crippen molar-refractivity contribution in [3.63, 3.8) is 0 Å². The van der Waals surface area contributed by atoms with E-state index in [0.717, 1.165) is 39.3 Å². The van der Waals surface area contributed by atoms with Gasteiger partial charge in [-0.2, -0.15) is 0 Å². The fourth-order valence-electron chi connectivity index (χ4n) is 9.82. The van der Waals surface area contributed by atoms with Crippen LogP contribution in [0.15, 0.2) is 193 Å². The lowest BCUT2D eigenvalue weighted by molar-refractivity contribution is 1.15. The number of fused-ring (bicyclic) bond motifs is 15. The molecule has 0 amide bonds. The summed E-state index contributed by atoms with van der Waals surface area (Å²) in [7, 11) is 0. The number of aliphatic imine (C=N–C) groups is 1. The van der Waals surface area contributed by atoms with Crippen LogP contribution in [0.25, 0.3) is 116 Å². The highest BCUT2D eigenvalue weighted by Gasteiger charge is 2.26. The maximum absolute atomic E-state index is 5.15. The van der Waals surface area contributed by atoms with Crippen LogP contribution >= 0.6 is 0 Å². The molecule has 0 radical (unpaired) electrons. The van der Waals surface area contributed by atoms with Crippen molar-refractivity contribution in [2.75, 3.05) is 0 Å². The first-order valence-corrected chi connectivity index (χ1v) is 21.7. The van der Waals surface area contributed by atoms with E-state index in [1.165, 1.54) is 70.4 Å². The van der Waals surface area contributed by atoms with E-state index in [1.54, 1.807) is 0 Å². The molecular formula is C58H43N5. The lowest BCUT2D eigenvalue weighted by atomic mass is 9.89. The lowest BCUT2D eigenvalue weighted by Gasteiger charge is -2.16. The molecule has 0 saturated heterocycles. The number of rotatable bonds is 6. The summed E-state index contributed by atoms with van der Waals surface area (Å²) in [5.41, 5.74) is 10.5. The van der Waals surface area contributed by atoms with E-state index in [4.69, 9.17) is 9.97 Å². The Kier molecular flexibility index (Phi) is 9.24. The van der Waals surface area contributed by atoms with Gasteiger partial charge in [-0.15, -0.1) is 0 Å². The second-order valence-electron chi connectivity index (χ2n) is 15.5. The summed E-state index contributed by atoms with van der Waals surface area (Å²) in [5.74, 6) is 1.16. The van der Waals surface area contributed by atoms with E-state index >= 15 is 0 Å². The number of hydrogen-bond donors (Lipinski definition) is 0. The largest absolute Gasteiger partial charge is 0.309 e. The normalized spacial score (nSPS) is 11.7. The van der Waals surface area contributed by atoms with Crippen LogP contribution in [0.2, 0.25) is 0 Å². The summed E-state index contributed by atoms with van der Waals surface area (Å²) >= 11 is 0. The molecule has 0 atom stereocenters. The maximum Gasteiger partial charge on any atom is 0.163 e. The summed E-state index contributed by atoms with van der Waals surface area (Å²) < 4.78 is 4.92. The van der Waals surface area contributed by atoms with Gasteiger partial charge in [0.1, 0.15) is 0 Å². The zero-order chi connectivity index (χ0) is 42.6. The molecule has 0 aliphatic rings. The van der Waals surface area contributed by atoms with E-state index in [2.05, 4.69) is 185 Å². The van der Waals surface area contributed by atoms with Gasteiger partial charge in [-0.3, -0.25) is 0 Å². The van der Waals surface area contributed by atoms with Crippen molar-refractivity contribution in [2.45, 2.75) is 20.8 Å². The molecule has 0 unspecified atom stereocenters. The van der Waals surface area contributed by atoms with E-state index in [9.17, 15) is 0 Å². The van der Waals surface area contributed by atoms with Crippen LogP contribution < -0.4 is 0 Å². The van der Waals surface area contributed by atoms with Crippen molar-refractivity contribution in [1.29, 1.82) is 0 Å². The molecule has 0 fully saturated rings. The standard InChI is InChI=1S/C56H37N5.C2H6/c1-3-18-45-52(35-19-6-4-7-20-35)58-55(59-56(45)57-2)36-31-33-38(34-32-36)61-47-30-17-15-28-44(47)50-51-48(40-24-11-13-26-42(40)54(50)61)39-23-10-12-25-41(39)53-49(51)43-27-14-16-29-46(43)60(53)37-21-8-5-9-22-37;1-2/h3-34H,2H2,1H3;1-2H3/b18-3-;. The van der Waals surface area contributed by atoms with E-state index < -0.39 is 0 Å². The Hall–Kier alpha value is -8.15. The van der Waals surface area contributed by atoms with Gasteiger partial charge in [0.05, 0.1) is 27.8 Å². The Labute approximate surface area is 365 Å². The smallest absolute Gasteiger partial charge is 0.163 e. The monoisotopic (exact) mass is 809 g/mol.